The molecule has 3 rings (SSSR count). The van der Waals surface area contributed by atoms with E-state index in [4.69, 9.17) is 14.3 Å². The SMILES string of the molecule is OCC[C@H]1COCCN1Cc1nnc(-c2ccccc2Br)o1. The summed E-state index contributed by atoms with van der Waals surface area (Å²) in [6.45, 7) is 2.85. The lowest BCUT2D eigenvalue weighted by atomic mass is 10.1. The number of hydrogen-bond acceptors (Lipinski definition) is 6. The fourth-order valence-corrected chi connectivity index (χ4v) is 3.00. The molecule has 1 N–H and O–H groups in total. The molecule has 1 aromatic carbocycles. The molecule has 0 unspecified atom stereocenters. The first kappa shape index (κ1) is 15.6. The maximum Gasteiger partial charge on any atom is 0.248 e. The van der Waals surface area contributed by atoms with Crippen molar-refractivity contribution in [2.24, 2.45) is 0 Å². The highest BCUT2D eigenvalue weighted by Gasteiger charge is 2.24. The molecule has 7 heteroatoms. The molecular weight excluding hydrogens is 350 g/mol. The van der Waals surface area contributed by atoms with Gasteiger partial charge in [-0.05, 0) is 34.5 Å². The van der Waals surface area contributed by atoms with Gasteiger partial charge in [-0.1, -0.05) is 12.1 Å². The summed E-state index contributed by atoms with van der Waals surface area (Å²) in [5.41, 5.74) is 0.884. The molecule has 0 radical (unpaired) electrons. The Morgan fingerprint density at radius 2 is 2.18 bits per heavy atom. The lowest BCUT2D eigenvalue weighted by Crippen LogP contribution is -2.45. The summed E-state index contributed by atoms with van der Waals surface area (Å²) in [6.07, 6.45) is 0.686. The molecule has 0 bridgehead atoms. The number of halogens is 1. The minimum Gasteiger partial charge on any atom is -0.419 e. The van der Waals surface area contributed by atoms with Crippen LogP contribution in [0.2, 0.25) is 0 Å². The van der Waals surface area contributed by atoms with Crippen LogP contribution in [0, 0.1) is 0 Å². The monoisotopic (exact) mass is 367 g/mol. The second-order valence-electron chi connectivity index (χ2n) is 5.19. The van der Waals surface area contributed by atoms with Crippen LogP contribution >= 0.6 is 15.9 Å². The van der Waals surface area contributed by atoms with Crippen LogP contribution in [-0.2, 0) is 11.3 Å². The topological polar surface area (TPSA) is 71.6 Å². The first-order valence-corrected chi connectivity index (χ1v) is 8.07. The lowest BCUT2D eigenvalue weighted by molar-refractivity contribution is -0.0227. The van der Waals surface area contributed by atoms with Crippen molar-refractivity contribution in [3.8, 4) is 11.5 Å². The van der Waals surface area contributed by atoms with Crippen LogP contribution in [0.4, 0.5) is 0 Å². The van der Waals surface area contributed by atoms with Crippen molar-refractivity contribution in [1.29, 1.82) is 0 Å². The van der Waals surface area contributed by atoms with Gasteiger partial charge in [-0.25, -0.2) is 0 Å². The predicted molar refractivity (Wildman–Crippen MR) is 84.2 cm³/mol. The van der Waals surface area contributed by atoms with E-state index in [-0.39, 0.29) is 12.6 Å². The van der Waals surface area contributed by atoms with Gasteiger partial charge in [0.05, 0.1) is 25.3 Å². The molecule has 2 heterocycles. The van der Waals surface area contributed by atoms with Crippen LogP contribution in [0.25, 0.3) is 11.5 Å². The van der Waals surface area contributed by atoms with Crippen LogP contribution in [0.3, 0.4) is 0 Å². The average molecular weight is 368 g/mol. The molecule has 1 atom stereocenters. The first-order valence-electron chi connectivity index (χ1n) is 7.28. The number of aromatic nitrogens is 2. The normalized spacial score (nSPS) is 19.5. The summed E-state index contributed by atoms with van der Waals surface area (Å²) < 4.78 is 12.2. The summed E-state index contributed by atoms with van der Waals surface area (Å²) in [4.78, 5) is 2.22. The Bertz CT molecular complexity index is 618. The van der Waals surface area contributed by atoms with Gasteiger partial charge < -0.3 is 14.3 Å². The molecule has 1 saturated heterocycles. The van der Waals surface area contributed by atoms with E-state index < -0.39 is 0 Å². The van der Waals surface area contributed by atoms with E-state index in [1.807, 2.05) is 24.3 Å². The van der Waals surface area contributed by atoms with Gasteiger partial charge in [0.15, 0.2) is 0 Å². The van der Waals surface area contributed by atoms with Gasteiger partial charge in [0.25, 0.3) is 0 Å². The highest BCUT2D eigenvalue weighted by atomic mass is 79.9. The van der Waals surface area contributed by atoms with Crippen LogP contribution < -0.4 is 0 Å². The summed E-state index contributed by atoms with van der Waals surface area (Å²) in [5.74, 6) is 1.09. The minimum atomic E-state index is 0.149. The largest absolute Gasteiger partial charge is 0.419 e. The number of morpholine rings is 1. The highest BCUT2D eigenvalue weighted by Crippen LogP contribution is 2.27. The molecule has 2 aromatic rings. The van der Waals surface area contributed by atoms with Gasteiger partial charge in [0, 0.05) is 23.7 Å². The van der Waals surface area contributed by atoms with Crippen LogP contribution in [0.5, 0.6) is 0 Å². The zero-order valence-corrected chi connectivity index (χ0v) is 13.7. The Morgan fingerprint density at radius 1 is 1.32 bits per heavy atom. The Morgan fingerprint density at radius 3 is 3.00 bits per heavy atom. The van der Waals surface area contributed by atoms with Gasteiger partial charge in [0.2, 0.25) is 11.8 Å². The lowest BCUT2D eigenvalue weighted by Gasteiger charge is -2.34. The Labute approximate surface area is 137 Å². The average Bonchev–Trinajstić information content (AvgIpc) is 2.98. The molecule has 1 aromatic heterocycles. The standard InChI is InChI=1S/C15H18BrN3O3/c16-13-4-2-1-3-12(13)15-18-17-14(22-15)9-19-6-8-21-10-11(19)5-7-20/h1-4,11,20H,5-10H2/t11-/m0/s1. The summed E-state index contributed by atoms with van der Waals surface area (Å²) in [5, 5.41) is 17.4. The third kappa shape index (κ3) is 3.55. The maximum atomic E-state index is 9.15. The molecule has 1 aliphatic heterocycles. The zero-order valence-electron chi connectivity index (χ0n) is 12.1. The van der Waals surface area contributed by atoms with Gasteiger partial charge in [-0.15, -0.1) is 10.2 Å². The number of aliphatic hydroxyl groups is 1. The summed E-state index contributed by atoms with van der Waals surface area (Å²) in [6, 6.07) is 7.95. The van der Waals surface area contributed by atoms with Crippen molar-refractivity contribution >= 4 is 15.9 Å². The van der Waals surface area contributed by atoms with Crippen LogP contribution in [0.15, 0.2) is 33.2 Å². The number of aliphatic hydroxyl groups excluding tert-OH is 1. The third-order valence-electron chi connectivity index (χ3n) is 3.72. The first-order chi connectivity index (χ1) is 10.8. The second kappa shape index (κ2) is 7.32. The number of hydrogen-bond donors (Lipinski definition) is 1. The van der Waals surface area contributed by atoms with Gasteiger partial charge >= 0.3 is 0 Å². The molecule has 118 valence electrons. The van der Waals surface area contributed by atoms with Gasteiger partial charge in [-0.3, -0.25) is 4.90 Å². The van der Waals surface area contributed by atoms with Crippen LogP contribution in [-0.4, -0.2) is 52.6 Å². The summed E-state index contributed by atoms with van der Waals surface area (Å²) >= 11 is 3.49. The quantitative estimate of drug-likeness (QED) is 0.872. The fourth-order valence-electron chi connectivity index (χ4n) is 2.55. The van der Waals surface area contributed by atoms with Crippen molar-refractivity contribution in [2.75, 3.05) is 26.4 Å². The Balaban J connectivity index is 1.72. The Hall–Kier alpha value is -1.28. The molecule has 1 fully saturated rings. The maximum absolute atomic E-state index is 9.15. The molecule has 22 heavy (non-hydrogen) atoms. The van der Waals surface area contributed by atoms with Crippen molar-refractivity contribution in [2.45, 2.75) is 19.0 Å². The van der Waals surface area contributed by atoms with Crippen molar-refractivity contribution in [1.82, 2.24) is 15.1 Å². The molecular formula is C15H18BrN3O3. The zero-order chi connectivity index (χ0) is 15.4. The summed E-state index contributed by atoms with van der Waals surface area (Å²) in [7, 11) is 0. The number of ether oxygens (including phenoxy) is 1. The number of nitrogens with zero attached hydrogens (tertiary/aromatic N) is 3. The second-order valence-corrected chi connectivity index (χ2v) is 6.05. The third-order valence-corrected chi connectivity index (χ3v) is 4.41. The van der Waals surface area contributed by atoms with Crippen molar-refractivity contribution < 1.29 is 14.3 Å². The van der Waals surface area contributed by atoms with Crippen molar-refractivity contribution in [3.05, 3.63) is 34.6 Å². The Kier molecular flexibility index (Phi) is 5.20. The van der Waals surface area contributed by atoms with Gasteiger partial charge in [0.1, 0.15) is 0 Å². The molecule has 0 amide bonds. The van der Waals surface area contributed by atoms with E-state index in [1.54, 1.807) is 0 Å². The van der Waals surface area contributed by atoms with Crippen LogP contribution in [0.1, 0.15) is 12.3 Å². The molecule has 0 saturated carbocycles. The molecule has 0 spiro atoms. The number of benzene rings is 1. The van der Waals surface area contributed by atoms with Crippen molar-refractivity contribution in [3.63, 3.8) is 0 Å². The van der Waals surface area contributed by atoms with E-state index in [0.717, 1.165) is 16.6 Å². The van der Waals surface area contributed by atoms with Gasteiger partial charge in [-0.2, -0.15) is 0 Å². The molecule has 6 nitrogen and oxygen atoms in total. The fraction of sp³-hybridized carbons (Fsp3) is 0.467. The van der Waals surface area contributed by atoms with E-state index in [0.29, 0.717) is 38.0 Å². The van der Waals surface area contributed by atoms with E-state index in [9.17, 15) is 0 Å². The smallest absolute Gasteiger partial charge is 0.248 e. The van der Waals surface area contributed by atoms with E-state index >= 15 is 0 Å². The highest BCUT2D eigenvalue weighted by molar-refractivity contribution is 9.10. The minimum absolute atomic E-state index is 0.149. The molecule has 0 aliphatic carbocycles. The van der Waals surface area contributed by atoms with E-state index in [1.165, 1.54) is 0 Å². The van der Waals surface area contributed by atoms with E-state index in [2.05, 4.69) is 31.0 Å². The number of rotatable bonds is 5. The predicted octanol–water partition coefficient (Wildman–Crippen LogP) is 2.08. The molecule has 1 aliphatic rings.